The molecule has 0 bridgehead atoms. The van der Waals surface area contributed by atoms with Crippen LogP contribution in [-0.2, 0) is 9.47 Å². The lowest BCUT2D eigenvalue weighted by atomic mass is 9.97. The molecule has 0 amide bonds. The summed E-state index contributed by atoms with van der Waals surface area (Å²) in [5.74, 6) is 0. The van der Waals surface area contributed by atoms with Gasteiger partial charge < -0.3 is 19.7 Å². The van der Waals surface area contributed by atoms with E-state index in [-0.39, 0.29) is 0 Å². The number of aliphatic hydroxyl groups is 2. The summed E-state index contributed by atoms with van der Waals surface area (Å²) in [5.41, 5.74) is -2.13. The number of carbonyl (C=O) groups is 1. The summed E-state index contributed by atoms with van der Waals surface area (Å²) in [4.78, 5) is 11.8. The molecule has 0 spiro atoms. The van der Waals surface area contributed by atoms with Crippen molar-refractivity contribution in [1.82, 2.24) is 0 Å². The summed E-state index contributed by atoms with van der Waals surface area (Å²) in [6.07, 6.45) is 0.451. The molecule has 5 heteroatoms. The Morgan fingerprint density at radius 1 is 1.10 bits per heavy atom. The van der Waals surface area contributed by atoms with Gasteiger partial charge >= 0.3 is 6.16 Å². The summed E-state index contributed by atoms with van der Waals surface area (Å²) in [7, 11) is 0. The van der Waals surface area contributed by atoms with E-state index in [1.165, 1.54) is 0 Å². The van der Waals surface area contributed by atoms with Crippen LogP contribution < -0.4 is 0 Å². The second-order valence-corrected chi connectivity index (χ2v) is 6.31. The third kappa shape index (κ3) is 6.57. The first-order valence-electron chi connectivity index (χ1n) is 7.34. The van der Waals surface area contributed by atoms with Crippen molar-refractivity contribution in [3.63, 3.8) is 0 Å². The van der Waals surface area contributed by atoms with E-state index in [4.69, 9.17) is 9.47 Å². The molecule has 0 saturated heterocycles. The predicted molar refractivity (Wildman–Crippen MR) is 77.6 cm³/mol. The normalized spacial score (nSPS) is 15.6. The van der Waals surface area contributed by atoms with Crippen LogP contribution in [0.5, 0.6) is 0 Å². The molecule has 0 saturated carbocycles. The van der Waals surface area contributed by atoms with E-state index in [9.17, 15) is 15.0 Å². The van der Waals surface area contributed by atoms with Gasteiger partial charge in [0.1, 0.15) is 11.7 Å². The van der Waals surface area contributed by atoms with Crippen molar-refractivity contribution in [3.8, 4) is 0 Å². The smallest absolute Gasteiger partial charge is 0.428 e. The molecule has 0 radical (unpaired) electrons. The third-order valence-electron chi connectivity index (χ3n) is 3.29. The summed E-state index contributed by atoms with van der Waals surface area (Å²) < 4.78 is 10.4. The van der Waals surface area contributed by atoms with Crippen LogP contribution in [0.15, 0.2) is 0 Å². The molecule has 2 unspecified atom stereocenters. The van der Waals surface area contributed by atoms with E-state index < -0.39 is 29.6 Å². The molecule has 2 atom stereocenters. The molecular weight excluding hydrogens is 260 g/mol. The second kappa shape index (κ2) is 7.84. The minimum absolute atomic E-state index is 0.546. The Kier molecular flexibility index (Phi) is 7.52. The fourth-order valence-corrected chi connectivity index (χ4v) is 1.86. The van der Waals surface area contributed by atoms with Crippen LogP contribution in [0.25, 0.3) is 0 Å². The number of aliphatic hydroxyl groups excluding tert-OH is 1. The van der Waals surface area contributed by atoms with Crippen LogP contribution in [0.1, 0.15) is 67.2 Å². The predicted octanol–water partition coefficient (Wildman–Crippen LogP) is 3.02. The minimum atomic E-state index is -1.12. The zero-order chi connectivity index (χ0) is 16.0. The van der Waals surface area contributed by atoms with Gasteiger partial charge in [-0.3, -0.25) is 0 Å². The average molecular weight is 290 g/mol. The highest BCUT2D eigenvalue weighted by Crippen LogP contribution is 2.23. The van der Waals surface area contributed by atoms with E-state index in [2.05, 4.69) is 0 Å². The molecule has 0 fully saturated rings. The van der Waals surface area contributed by atoms with Gasteiger partial charge in [-0.1, -0.05) is 26.7 Å². The van der Waals surface area contributed by atoms with Crippen molar-refractivity contribution in [2.75, 3.05) is 0 Å². The molecule has 0 heterocycles. The highest BCUT2D eigenvalue weighted by molar-refractivity contribution is 5.61. The molecular formula is C15H30O5. The molecule has 2 N–H and O–H groups in total. The van der Waals surface area contributed by atoms with Crippen LogP contribution in [-0.4, -0.2) is 39.8 Å². The molecule has 0 aromatic heterocycles. The lowest BCUT2D eigenvalue weighted by Crippen LogP contribution is -2.44. The van der Waals surface area contributed by atoms with Gasteiger partial charge in [0, 0.05) is 0 Å². The van der Waals surface area contributed by atoms with Crippen LogP contribution in [0.3, 0.4) is 0 Å². The van der Waals surface area contributed by atoms with Gasteiger partial charge in [0.05, 0.1) is 11.7 Å². The lowest BCUT2D eigenvalue weighted by molar-refractivity contribution is -0.120. The van der Waals surface area contributed by atoms with Gasteiger partial charge in [-0.15, -0.1) is 0 Å². The Morgan fingerprint density at radius 2 is 1.60 bits per heavy atom. The summed E-state index contributed by atoms with van der Waals surface area (Å²) >= 11 is 0. The zero-order valence-corrected chi connectivity index (χ0v) is 13.6. The molecule has 0 aromatic carbocycles. The largest absolute Gasteiger partial charge is 0.509 e. The van der Waals surface area contributed by atoms with Crippen LogP contribution >= 0.6 is 0 Å². The van der Waals surface area contributed by atoms with Gasteiger partial charge in [0.15, 0.2) is 0 Å². The van der Waals surface area contributed by atoms with Crippen molar-refractivity contribution < 1.29 is 24.5 Å². The maximum absolute atomic E-state index is 11.8. The van der Waals surface area contributed by atoms with E-state index in [1.807, 2.05) is 13.8 Å². The summed E-state index contributed by atoms with van der Waals surface area (Å²) in [6, 6.07) is 0. The van der Waals surface area contributed by atoms with Crippen molar-refractivity contribution in [2.24, 2.45) is 0 Å². The van der Waals surface area contributed by atoms with Gasteiger partial charge in [-0.05, 0) is 40.5 Å². The SMILES string of the molecule is CCCC(OC(=O)OC(C)(C)C(O)CCC)C(C)(C)O. The zero-order valence-electron chi connectivity index (χ0n) is 13.6. The minimum Gasteiger partial charge on any atom is -0.428 e. The Balaban J connectivity index is 4.60. The maximum atomic E-state index is 11.8. The molecule has 0 aliphatic heterocycles. The third-order valence-corrected chi connectivity index (χ3v) is 3.29. The molecule has 120 valence electrons. The van der Waals surface area contributed by atoms with Gasteiger partial charge in [-0.25, -0.2) is 4.79 Å². The summed E-state index contributed by atoms with van der Waals surface area (Å²) in [6.45, 7) is 10.4. The van der Waals surface area contributed by atoms with Crippen LogP contribution in [0, 0.1) is 0 Å². The molecule has 0 rings (SSSR count). The Bertz CT molecular complexity index is 293. The Morgan fingerprint density at radius 3 is 2.00 bits per heavy atom. The number of hydrogen-bond donors (Lipinski definition) is 2. The van der Waals surface area contributed by atoms with Gasteiger partial charge in [0.2, 0.25) is 0 Å². The van der Waals surface area contributed by atoms with Gasteiger partial charge in [-0.2, -0.15) is 0 Å². The number of hydrogen-bond acceptors (Lipinski definition) is 5. The number of rotatable bonds is 8. The highest BCUT2D eigenvalue weighted by Gasteiger charge is 2.35. The second-order valence-electron chi connectivity index (χ2n) is 6.31. The first-order valence-corrected chi connectivity index (χ1v) is 7.34. The summed E-state index contributed by atoms with van der Waals surface area (Å²) in [5, 5.41) is 19.9. The van der Waals surface area contributed by atoms with Crippen molar-refractivity contribution >= 4 is 6.16 Å². The average Bonchev–Trinajstić information content (AvgIpc) is 2.26. The topological polar surface area (TPSA) is 76.0 Å². The Hall–Kier alpha value is -0.810. The Labute approximate surface area is 122 Å². The fraction of sp³-hybridized carbons (Fsp3) is 0.933. The molecule has 0 aromatic rings. The maximum Gasteiger partial charge on any atom is 0.509 e. The van der Waals surface area contributed by atoms with Gasteiger partial charge in [0.25, 0.3) is 0 Å². The first-order chi connectivity index (χ1) is 9.04. The van der Waals surface area contributed by atoms with Crippen molar-refractivity contribution in [2.45, 2.75) is 90.6 Å². The quantitative estimate of drug-likeness (QED) is 0.672. The monoisotopic (exact) mass is 290 g/mol. The highest BCUT2D eigenvalue weighted by atomic mass is 16.7. The van der Waals surface area contributed by atoms with E-state index in [1.54, 1.807) is 27.7 Å². The fourth-order valence-electron chi connectivity index (χ4n) is 1.86. The first kappa shape index (κ1) is 19.2. The van der Waals surface area contributed by atoms with E-state index in [0.29, 0.717) is 12.8 Å². The standard InChI is InChI=1S/C15H30O5/c1-7-9-11(16)15(5,6)20-13(17)19-12(10-8-2)14(3,4)18/h11-12,16,18H,7-10H2,1-6H3. The van der Waals surface area contributed by atoms with E-state index >= 15 is 0 Å². The number of carbonyl (C=O) groups excluding carboxylic acids is 1. The van der Waals surface area contributed by atoms with Crippen molar-refractivity contribution in [3.05, 3.63) is 0 Å². The molecule has 0 aliphatic carbocycles. The lowest BCUT2D eigenvalue weighted by Gasteiger charge is -2.33. The molecule has 20 heavy (non-hydrogen) atoms. The van der Waals surface area contributed by atoms with Crippen molar-refractivity contribution in [1.29, 1.82) is 0 Å². The number of ether oxygens (including phenoxy) is 2. The van der Waals surface area contributed by atoms with E-state index in [0.717, 1.165) is 12.8 Å². The molecule has 0 aliphatic rings. The van der Waals surface area contributed by atoms with Crippen LogP contribution in [0.2, 0.25) is 0 Å². The van der Waals surface area contributed by atoms with Crippen LogP contribution in [0.4, 0.5) is 4.79 Å². The molecule has 5 nitrogen and oxygen atoms in total.